The molecular formula is C14H9F6NO. The quantitative estimate of drug-likeness (QED) is 0.811. The molecule has 0 saturated carbocycles. The third-order valence-electron chi connectivity index (χ3n) is 2.83. The molecule has 0 bridgehead atoms. The summed E-state index contributed by atoms with van der Waals surface area (Å²) < 4.78 is 74.9. The zero-order valence-electron chi connectivity index (χ0n) is 10.8. The number of fused-ring (bicyclic) bond motifs is 1. The van der Waals surface area contributed by atoms with E-state index in [4.69, 9.17) is 0 Å². The summed E-state index contributed by atoms with van der Waals surface area (Å²) in [6, 6.07) is 4.05. The summed E-state index contributed by atoms with van der Waals surface area (Å²) in [6.45, 7) is 0. The topological polar surface area (TPSA) is 32.9 Å². The summed E-state index contributed by atoms with van der Waals surface area (Å²) >= 11 is 0. The van der Waals surface area contributed by atoms with Crippen LogP contribution in [0.15, 0.2) is 35.1 Å². The summed E-state index contributed by atoms with van der Waals surface area (Å²) in [7, 11) is 0. The number of hydrogen-bond donors (Lipinski definition) is 1. The second-order valence-electron chi connectivity index (χ2n) is 4.57. The highest BCUT2D eigenvalue weighted by molar-refractivity contribution is 5.84. The molecule has 0 aliphatic rings. The van der Waals surface area contributed by atoms with Crippen LogP contribution in [0.5, 0.6) is 0 Å². The van der Waals surface area contributed by atoms with E-state index in [2.05, 4.69) is 4.98 Å². The molecule has 1 aromatic heterocycles. The standard InChI is InChI=1S/C14H9F6NO/c15-13(16,17)5-1-2-8-3-4-11-9(6-8)10(14(18,19)20)7-12(22)21-11/h1-4,6-7H,5H2,(H,21,22)/b2-1+. The zero-order chi connectivity index (χ0) is 16.5. The van der Waals surface area contributed by atoms with E-state index >= 15 is 0 Å². The zero-order valence-corrected chi connectivity index (χ0v) is 10.8. The Bertz CT molecular complexity index is 769. The molecule has 8 heteroatoms. The SMILES string of the molecule is O=c1cc(C(F)(F)F)c2cc(/C=C/CC(F)(F)F)ccc2[nH]1. The second kappa shape index (κ2) is 5.51. The van der Waals surface area contributed by atoms with Crippen molar-refractivity contribution in [2.75, 3.05) is 0 Å². The molecule has 0 fully saturated rings. The lowest BCUT2D eigenvalue weighted by Crippen LogP contribution is -2.13. The summed E-state index contributed by atoms with van der Waals surface area (Å²) in [6.07, 6.45) is -8.39. The predicted molar refractivity (Wildman–Crippen MR) is 69.3 cm³/mol. The first kappa shape index (κ1) is 16.1. The van der Waals surface area contributed by atoms with Crippen molar-refractivity contribution in [2.24, 2.45) is 0 Å². The van der Waals surface area contributed by atoms with E-state index in [0.717, 1.165) is 18.2 Å². The molecule has 2 aromatic rings. The van der Waals surface area contributed by atoms with Crippen LogP contribution in [-0.2, 0) is 6.18 Å². The molecular weight excluding hydrogens is 312 g/mol. The van der Waals surface area contributed by atoms with Crippen LogP contribution < -0.4 is 5.56 Å². The van der Waals surface area contributed by atoms with Crippen LogP contribution in [0.2, 0.25) is 0 Å². The first-order valence-electron chi connectivity index (χ1n) is 6.04. The average molecular weight is 321 g/mol. The van der Waals surface area contributed by atoms with Gasteiger partial charge in [0, 0.05) is 17.0 Å². The van der Waals surface area contributed by atoms with Crippen LogP contribution in [0.3, 0.4) is 0 Å². The van der Waals surface area contributed by atoms with Gasteiger partial charge in [0.2, 0.25) is 5.56 Å². The first-order chi connectivity index (χ1) is 10.1. The lowest BCUT2D eigenvalue weighted by atomic mass is 10.0. The number of rotatable bonds is 2. The molecule has 0 amide bonds. The minimum Gasteiger partial charge on any atom is -0.322 e. The molecule has 0 spiro atoms. The highest BCUT2D eigenvalue weighted by Crippen LogP contribution is 2.33. The fourth-order valence-corrected chi connectivity index (χ4v) is 1.94. The van der Waals surface area contributed by atoms with E-state index in [1.807, 2.05) is 0 Å². The number of allylic oxidation sites excluding steroid dienone is 1. The largest absolute Gasteiger partial charge is 0.417 e. The highest BCUT2D eigenvalue weighted by atomic mass is 19.4. The summed E-state index contributed by atoms with van der Waals surface area (Å²) in [5.74, 6) is 0. The molecule has 0 unspecified atom stereocenters. The van der Waals surface area contributed by atoms with Gasteiger partial charge in [-0.05, 0) is 17.7 Å². The molecule has 2 rings (SSSR count). The molecule has 2 nitrogen and oxygen atoms in total. The Morgan fingerprint density at radius 1 is 1.05 bits per heavy atom. The number of nitrogens with one attached hydrogen (secondary N) is 1. The Balaban J connectivity index is 2.49. The molecule has 1 aromatic carbocycles. The molecule has 1 heterocycles. The van der Waals surface area contributed by atoms with Gasteiger partial charge < -0.3 is 4.98 Å². The summed E-state index contributed by atoms with van der Waals surface area (Å²) in [4.78, 5) is 13.5. The molecule has 0 aliphatic heterocycles. The fourth-order valence-electron chi connectivity index (χ4n) is 1.94. The maximum Gasteiger partial charge on any atom is 0.417 e. The van der Waals surface area contributed by atoms with Gasteiger partial charge in [0.1, 0.15) is 0 Å². The van der Waals surface area contributed by atoms with Crippen molar-refractivity contribution in [3.8, 4) is 0 Å². The van der Waals surface area contributed by atoms with Crippen LogP contribution in [-0.4, -0.2) is 11.2 Å². The number of aromatic nitrogens is 1. The normalized spacial score (nSPS) is 13.2. The van der Waals surface area contributed by atoms with Gasteiger partial charge in [-0.1, -0.05) is 18.2 Å². The molecule has 0 atom stereocenters. The second-order valence-corrected chi connectivity index (χ2v) is 4.57. The van der Waals surface area contributed by atoms with E-state index in [-0.39, 0.29) is 16.5 Å². The van der Waals surface area contributed by atoms with Crippen molar-refractivity contribution in [1.29, 1.82) is 0 Å². The van der Waals surface area contributed by atoms with Crippen molar-refractivity contribution < 1.29 is 26.3 Å². The molecule has 1 N–H and O–H groups in total. The Labute approximate surface area is 120 Å². The Morgan fingerprint density at radius 2 is 1.73 bits per heavy atom. The maximum absolute atomic E-state index is 12.9. The van der Waals surface area contributed by atoms with Gasteiger partial charge >= 0.3 is 12.4 Å². The Morgan fingerprint density at radius 3 is 2.32 bits per heavy atom. The van der Waals surface area contributed by atoms with Crippen LogP contribution >= 0.6 is 0 Å². The van der Waals surface area contributed by atoms with Gasteiger partial charge in [-0.25, -0.2) is 0 Å². The number of benzene rings is 1. The number of halogens is 6. The molecule has 0 radical (unpaired) electrons. The van der Waals surface area contributed by atoms with Gasteiger partial charge in [-0.15, -0.1) is 0 Å². The van der Waals surface area contributed by atoms with E-state index in [1.54, 1.807) is 0 Å². The van der Waals surface area contributed by atoms with Crippen LogP contribution in [0, 0.1) is 0 Å². The van der Waals surface area contributed by atoms with E-state index < -0.39 is 29.9 Å². The third kappa shape index (κ3) is 3.90. The lowest BCUT2D eigenvalue weighted by Gasteiger charge is -2.10. The van der Waals surface area contributed by atoms with Crippen molar-refractivity contribution in [3.63, 3.8) is 0 Å². The number of H-pyrrole nitrogens is 1. The molecule has 118 valence electrons. The Hall–Kier alpha value is -2.25. The van der Waals surface area contributed by atoms with E-state index in [1.165, 1.54) is 12.1 Å². The Kier molecular flexibility index (Phi) is 4.04. The van der Waals surface area contributed by atoms with E-state index in [9.17, 15) is 31.1 Å². The molecule has 22 heavy (non-hydrogen) atoms. The van der Waals surface area contributed by atoms with Crippen molar-refractivity contribution in [1.82, 2.24) is 4.98 Å². The van der Waals surface area contributed by atoms with Gasteiger partial charge in [0.25, 0.3) is 0 Å². The monoisotopic (exact) mass is 321 g/mol. The van der Waals surface area contributed by atoms with Gasteiger partial charge in [-0.2, -0.15) is 26.3 Å². The van der Waals surface area contributed by atoms with Crippen molar-refractivity contribution in [3.05, 3.63) is 51.8 Å². The number of alkyl halides is 6. The average Bonchev–Trinajstić information content (AvgIpc) is 2.35. The summed E-state index contributed by atoms with van der Waals surface area (Å²) in [5.41, 5.74) is -1.89. The highest BCUT2D eigenvalue weighted by Gasteiger charge is 2.33. The predicted octanol–water partition coefficient (Wildman–Crippen LogP) is 4.51. The van der Waals surface area contributed by atoms with Crippen LogP contribution in [0.1, 0.15) is 17.5 Å². The minimum absolute atomic E-state index is 0.0344. The molecule has 0 saturated heterocycles. The minimum atomic E-state index is -4.74. The number of pyridine rings is 1. The maximum atomic E-state index is 12.9. The van der Waals surface area contributed by atoms with Crippen molar-refractivity contribution >= 4 is 17.0 Å². The summed E-state index contributed by atoms with van der Waals surface area (Å²) in [5, 5.41) is -0.277. The fraction of sp³-hybridized carbons (Fsp3) is 0.214. The van der Waals surface area contributed by atoms with Crippen molar-refractivity contribution in [2.45, 2.75) is 18.8 Å². The number of aromatic amines is 1. The van der Waals surface area contributed by atoms with Gasteiger partial charge in [0.15, 0.2) is 0 Å². The van der Waals surface area contributed by atoms with Gasteiger partial charge in [0.05, 0.1) is 12.0 Å². The van der Waals surface area contributed by atoms with Gasteiger partial charge in [-0.3, -0.25) is 4.79 Å². The van der Waals surface area contributed by atoms with E-state index in [0.29, 0.717) is 6.07 Å². The smallest absolute Gasteiger partial charge is 0.322 e. The third-order valence-corrected chi connectivity index (χ3v) is 2.83. The lowest BCUT2D eigenvalue weighted by molar-refractivity contribution is -0.136. The van der Waals surface area contributed by atoms with Crippen LogP contribution in [0.25, 0.3) is 17.0 Å². The first-order valence-corrected chi connectivity index (χ1v) is 6.04. The molecule has 0 aliphatic carbocycles. The number of hydrogen-bond acceptors (Lipinski definition) is 1. The van der Waals surface area contributed by atoms with Crippen LogP contribution in [0.4, 0.5) is 26.3 Å².